The predicted octanol–water partition coefficient (Wildman–Crippen LogP) is 13.4. The largest absolute Gasteiger partial charge is 0.484 e. The fourth-order valence-electron chi connectivity index (χ4n) is 12.3. The molecule has 0 amide bonds. The first-order valence-electron chi connectivity index (χ1n) is 21.6. The maximum Gasteiger partial charge on any atom is 0.231 e. The van der Waals surface area contributed by atoms with E-state index in [4.69, 9.17) is 19.1 Å². The van der Waals surface area contributed by atoms with Crippen LogP contribution in [0.25, 0.3) is 55.9 Å². The van der Waals surface area contributed by atoms with Crippen molar-refractivity contribution in [2.24, 2.45) is 5.92 Å². The molecule has 3 heterocycles. The molecular weight excluding hydrogens is 721 g/mol. The van der Waals surface area contributed by atoms with Crippen LogP contribution < -0.4 is 4.74 Å². The number of allylic oxidation sites excluding steroid dienone is 6. The number of furan rings is 1. The molecular formula is C55H44N2O2. The number of hydrogen-bond acceptors (Lipinski definition) is 4. The molecule has 0 radical (unpaired) electrons. The van der Waals surface area contributed by atoms with Crippen LogP contribution in [0.15, 0.2) is 156 Å². The quantitative estimate of drug-likeness (QED) is 0.180. The molecule has 4 heteroatoms. The molecule has 13 rings (SSSR count). The highest BCUT2D eigenvalue weighted by atomic mass is 16.5. The van der Waals surface area contributed by atoms with E-state index in [-0.39, 0.29) is 22.9 Å². The zero-order valence-electron chi connectivity index (χ0n) is 33.4. The van der Waals surface area contributed by atoms with E-state index >= 15 is 0 Å². The van der Waals surface area contributed by atoms with Gasteiger partial charge in [-0.05, 0) is 81.5 Å². The Kier molecular flexibility index (Phi) is 6.93. The number of nitrogens with zero attached hydrogens (tertiary/aromatic N) is 2. The number of fused-ring (bicyclic) bond motifs is 14. The maximum atomic E-state index is 6.89. The van der Waals surface area contributed by atoms with E-state index in [1.165, 1.54) is 71.1 Å². The number of ether oxygens (including phenoxy) is 1. The van der Waals surface area contributed by atoms with Gasteiger partial charge in [0.15, 0.2) is 5.82 Å². The zero-order valence-corrected chi connectivity index (χ0v) is 33.4. The normalized spacial score (nSPS) is 23.7. The molecule has 1 spiro atoms. The van der Waals surface area contributed by atoms with Crippen LogP contribution in [0.2, 0.25) is 0 Å². The van der Waals surface area contributed by atoms with Crippen molar-refractivity contribution in [3.05, 3.63) is 185 Å². The smallest absolute Gasteiger partial charge is 0.231 e. The molecule has 1 fully saturated rings. The van der Waals surface area contributed by atoms with Gasteiger partial charge in [0.2, 0.25) is 5.71 Å². The molecule has 0 saturated heterocycles. The van der Waals surface area contributed by atoms with Crippen LogP contribution in [0, 0.1) is 5.92 Å². The van der Waals surface area contributed by atoms with E-state index in [9.17, 15) is 0 Å². The SMILES string of the molecule is CC1(C)C2=CC3c4ccccc4C4(CCCCC4)C3C=C2c2c(C3=CC4c5cccc(-c6nc(-c7ccccc7)c7c(n6)oc6ccccc67)c5OC4C=C3)cccc21. The van der Waals surface area contributed by atoms with Gasteiger partial charge in [-0.2, -0.15) is 4.98 Å². The Balaban J connectivity index is 0.924. The van der Waals surface area contributed by atoms with Crippen LogP contribution in [0.4, 0.5) is 0 Å². The Bertz CT molecular complexity index is 3060. The first-order valence-corrected chi connectivity index (χ1v) is 21.6. The molecule has 4 unspecified atom stereocenters. The van der Waals surface area contributed by atoms with Crippen LogP contribution in [0.5, 0.6) is 5.75 Å². The fourth-order valence-corrected chi connectivity index (χ4v) is 12.3. The predicted molar refractivity (Wildman–Crippen MR) is 237 cm³/mol. The number of aromatic nitrogens is 2. The summed E-state index contributed by atoms with van der Waals surface area (Å²) in [6.07, 6.45) is 19.0. The topological polar surface area (TPSA) is 48.2 Å². The summed E-state index contributed by atoms with van der Waals surface area (Å²) in [6.45, 7) is 4.88. The second-order valence-corrected chi connectivity index (χ2v) is 18.2. The van der Waals surface area contributed by atoms with Gasteiger partial charge >= 0.3 is 0 Å². The summed E-state index contributed by atoms with van der Waals surface area (Å²) in [5, 5.41) is 1.94. The second-order valence-electron chi connectivity index (χ2n) is 18.2. The molecule has 4 atom stereocenters. The number of rotatable bonds is 3. The van der Waals surface area contributed by atoms with Crippen molar-refractivity contribution in [3.8, 4) is 28.4 Å². The van der Waals surface area contributed by atoms with Gasteiger partial charge < -0.3 is 9.15 Å². The van der Waals surface area contributed by atoms with Crippen molar-refractivity contribution in [1.29, 1.82) is 0 Å². The molecule has 1 saturated carbocycles. The van der Waals surface area contributed by atoms with Gasteiger partial charge in [-0.25, -0.2) is 4.98 Å². The minimum atomic E-state index is -0.111. The van der Waals surface area contributed by atoms with Gasteiger partial charge in [-0.3, -0.25) is 0 Å². The minimum absolute atomic E-state index is 0.0633. The Morgan fingerprint density at radius 2 is 1.42 bits per heavy atom. The zero-order chi connectivity index (χ0) is 39.0. The molecule has 0 N–H and O–H groups in total. The molecule has 0 bridgehead atoms. The molecule has 6 aliphatic rings. The number of benzene rings is 5. The van der Waals surface area contributed by atoms with Crippen molar-refractivity contribution in [3.63, 3.8) is 0 Å². The monoisotopic (exact) mass is 764 g/mol. The number of hydrogen-bond donors (Lipinski definition) is 0. The van der Waals surface area contributed by atoms with E-state index in [2.05, 4.69) is 135 Å². The van der Waals surface area contributed by atoms with Crippen molar-refractivity contribution in [2.75, 3.05) is 0 Å². The van der Waals surface area contributed by atoms with Gasteiger partial charge in [-0.1, -0.05) is 161 Å². The summed E-state index contributed by atoms with van der Waals surface area (Å²) in [6, 6.07) is 41.4. The summed E-state index contributed by atoms with van der Waals surface area (Å²) < 4.78 is 13.3. The van der Waals surface area contributed by atoms with Crippen LogP contribution in [0.3, 0.4) is 0 Å². The van der Waals surface area contributed by atoms with E-state index in [1.54, 1.807) is 11.1 Å². The molecule has 7 aromatic rings. The second kappa shape index (κ2) is 12.1. The number of para-hydroxylation sites is 2. The van der Waals surface area contributed by atoms with Gasteiger partial charge in [0.05, 0.1) is 16.6 Å². The summed E-state index contributed by atoms with van der Waals surface area (Å²) in [5.74, 6) is 2.45. The first-order chi connectivity index (χ1) is 29.0. The van der Waals surface area contributed by atoms with Gasteiger partial charge in [0.1, 0.15) is 17.4 Å². The third-order valence-electron chi connectivity index (χ3n) is 15.0. The fraction of sp³-hybridized carbons (Fsp3) is 0.236. The molecule has 2 aromatic heterocycles. The standard InChI is InChI=1S/C55H44N2O2/c1-54(2)43-23-14-19-34(48(43)41-31-45-39(30-44(41)54)35-17-7-9-22-42(35)55(45)27-11-4-12-28-55)33-25-26-47-40(29-33)36-20-13-21-38(51(36)58-47)52-56-50(32-15-5-3-6-16-32)49-37-18-8-10-24-46(37)59-53(49)57-52/h3,5-10,13-26,29-31,39-40,45,47H,4,11-12,27-28H2,1-2H3. The van der Waals surface area contributed by atoms with Crippen LogP contribution in [-0.4, -0.2) is 16.1 Å². The summed E-state index contributed by atoms with van der Waals surface area (Å²) in [5.41, 5.74) is 17.1. The first kappa shape index (κ1) is 33.7. The van der Waals surface area contributed by atoms with E-state index in [0.717, 1.165) is 38.9 Å². The Morgan fingerprint density at radius 3 is 2.32 bits per heavy atom. The van der Waals surface area contributed by atoms with Gasteiger partial charge in [0, 0.05) is 39.2 Å². The molecule has 4 nitrogen and oxygen atoms in total. The molecule has 1 aliphatic heterocycles. The average molecular weight is 765 g/mol. The molecule has 5 aromatic carbocycles. The highest BCUT2D eigenvalue weighted by molar-refractivity contribution is 6.10. The molecule has 5 aliphatic carbocycles. The van der Waals surface area contributed by atoms with Gasteiger partial charge in [0.25, 0.3) is 0 Å². The Morgan fingerprint density at radius 1 is 0.661 bits per heavy atom. The lowest BCUT2D eigenvalue weighted by Gasteiger charge is -2.42. The van der Waals surface area contributed by atoms with Crippen LogP contribution in [-0.2, 0) is 10.8 Å². The lowest BCUT2D eigenvalue weighted by atomic mass is 9.62. The average Bonchev–Trinajstić information content (AvgIpc) is 3.99. The van der Waals surface area contributed by atoms with Crippen molar-refractivity contribution >= 4 is 33.2 Å². The van der Waals surface area contributed by atoms with Crippen molar-refractivity contribution in [1.82, 2.24) is 9.97 Å². The summed E-state index contributed by atoms with van der Waals surface area (Å²) in [7, 11) is 0. The lowest BCUT2D eigenvalue weighted by Crippen LogP contribution is -2.35. The van der Waals surface area contributed by atoms with E-state index in [1.807, 2.05) is 24.3 Å². The van der Waals surface area contributed by atoms with Crippen LogP contribution in [0.1, 0.15) is 91.2 Å². The summed E-state index contributed by atoms with van der Waals surface area (Å²) >= 11 is 0. The van der Waals surface area contributed by atoms with Crippen molar-refractivity contribution < 1.29 is 9.15 Å². The summed E-state index contributed by atoms with van der Waals surface area (Å²) in [4.78, 5) is 10.4. The maximum absolute atomic E-state index is 6.89. The highest BCUT2D eigenvalue weighted by Crippen LogP contribution is 2.64. The van der Waals surface area contributed by atoms with E-state index < -0.39 is 0 Å². The Labute approximate surface area is 344 Å². The lowest BCUT2D eigenvalue weighted by molar-refractivity contribution is 0.233. The molecule has 286 valence electrons. The highest BCUT2D eigenvalue weighted by Gasteiger charge is 2.54. The molecule has 59 heavy (non-hydrogen) atoms. The van der Waals surface area contributed by atoms with Crippen molar-refractivity contribution in [2.45, 2.75) is 74.7 Å². The van der Waals surface area contributed by atoms with Crippen LogP contribution >= 0.6 is 0 Å². The third-order valence-corrected chi connectivity index (χ3v) is 15.0. The van der Waals surface area contributed by atoms with E-state index in [0.29, 0.717) is 23.4 Å². The minimum Gasteiger partial charge on any atom is -0.484 e. The van der Waals surface area contributed by atoms with Gasteiger partial charge in [-0.15, -0.1) is 0 Å². The third kappa shape index (κ3) is 4.60. The Hall–Kier alpha value is -6.26.